The fourth-order valence-corrected chi connectivity index (χ4v) is 3.86. The monoisotopic (exact) mass is 392 g/mol. The minimum atomic E-state index is 0.430. The van der Waals surface area contributed by atoms with E-state index in [4.69, 9.17) is 9.47 Å². The number of benzene rings is 2. The van der Waals surface area contributed by atoms with E-state index in [2.05, 4.69) is 50.4 Å². The third kappa shape index (κ3) is 4.95. The number of hydrogen-bond donors (Lipinski definition) is 0. The molecule has 6 heteroatoms. The summed E-state index contributed by atoms with van der Waals surface area (Å²) in [5.41, 5.74) is 3.55. The summed E-state index contributed by atoms with van der Waals surface area (Å²) in [5.74, 6) is 1.78. The molecule has 0 N–H and O–H groups in total. The molecule has 1 fully saturated rings. The van der Waals surface area contributed by atoms with Crippen molar-refractivity contribution in [3.05, 3.63) is 71.5 Å². The van der Waals surface area contributed by atoms with E-state index in [-0.39, 0.29) is 0 Å². The maximum Gasteiger partial charge on any atom is 0.118 e. The van der Waals surface area contributed by atoms with Crippen molar-refractivity contribution in [3.8, 4) is 11.5 Å². The number of likely N-dealkylation sites (tertiary alicyclic amines) is 1. The molecule has 0 atom stereocenters. The van der Waals surface area contributed by atoms with Crippen LogP contribution in [0, 0.1) is 0 Å². The van der Waals surface area contributed by atoms with E-state index in [9.17, 15) is 0 Å². The van der Waals surface area contributed by atoms with Crippen molar-refractivity contribution >= 4 is 0 Å². The number of rotatable bonds is 7. The Hall–Kier alpha value is -2.86. The molecule has 0 radical (unpaired) electrons. The predicted octanol–water partition coefficient (Wildman–Crippen LogP) is 3.72. The van der Waals surface area contributed by atoms with Crippen molar-refractivity contribution in [2.24, 2.45) is 0 Å². The number of piperidine rings is 1. The van der Waals surface area contributed by atoms with Gasteiger partial charge in [0.2, 0.25) is 0 Å². The van der Waals surface area contributed by atoms with E-state index in [1.807, 2.05) is 24.3 Å². The molecule has 1 saturated heterocycles. The highest BCUT2D eigenvalue weighted by atomic mass is 16.5. The molecule has 0 aliphatic carbocycles. The summed E-state index contributed by atoms with van der Waals surface area (Å²) in [6.07, 6.45) is 5.09. The van der Waals surface area contributed by atoms with Gasteiger partial charge in [-0.1, -0.05) is 29.5 Å². The Labute approximate surface area is 172 Å². The molecule has 29 heavy (non-hydrogen) atoms. The Morgan fingerprint density at radius 2 is 1.45 bits per heavy atom. The molecule has 0 spiro atoms. The van der Waals surface area contributed by atoms with Crippen molar-refractivity contribution in [2.75, 3.05) is 27.3 Å². The van der Waals surface area contributed by atoms with Crippen LogP contribution in [0.3, 0.4) is 0 Å². The summed E-state index contributed by atoms with van der Waals surface area (Å²) in [5, 5.41) is 8.80. The fraction of sp³-hybridized carbons (Fsp3) is 0.391. The predicted molar refractivity (Wildman–Crippen MR) is 112 cm³/mol. The first-order valence-electron chi connectivity index (χ1n) is 10.1. The number of aromatic nitrogens is 3. The van der Waals surface area contributed by atoms with Gasteiger partial charge in [0.15, 0.2) is 0 Å². The summed E-state index contributed by atoms with van der Waals surface area (Å²) in [6.45, 7) is 3.13. The van der Waals surface area contributed by atoms with E-state index in [0.29, 0.717) is 6.04 Å². The number of nitrogens with zero attached hydrogens (tertiary/aromatic N) is 4. The second kappa shape index (κ2) is 9.09. The first-order chi connectivity index (χ1) is 14.2. The Bertz CT molecular complexity index is 897. The quantitative estimate of drug-likeness (QED) is 0.613. The largest absolute Gasteiger partial charge is 0.497 e. The first-order valence-corrected chi connectivity index (χ1v) is 10.1. The van der Waals surface area contributed by atoms with Crippen LogP contribution in [0.4, 0.5) is 0 Å². The van der Waals surface area contributed by atoms with Crippen LogP contribution in [-0.2, 0) is 13.0 Å². The molecule has 1 aliphatic rings. The smallest absolute Gasteiger partial charge is 0.118 e. The molecule has 0 bridgehead atoms. The first kappa shape index (κ1) is 19.5. The zero-order valence-electron chi connectivity index (χ0n) is 17.1. The van der Waals surface area contributed by atoms with Crippen LogP contribution in [0.1, 0.15) is 35.7 Å². The van der Waals surface area contributed by atoms with Crippen LogP contribution in [0.5, 0.6) is 11.5 Å². The summed E-state index contributed by atoms with van der Waals surface area (Å²) in [7, 11) is 3.38. The number of hydrogen-bond acceptors (Lipinski definition) is 5. The molecule has 0 amide bonds. The van der Waals surface area contributed by atoms with Crippen LogP contribution in [0.25, 0.3) is 0 Å². The zero-order chi connectivity index (χ0) is 20.1. The normalized spacial score (nSPS) is 15.4. The average molecular weight is 393 g/mol. The van der Waals surface area contributed by atoms with Crippen LogP contribution in [0.15, 0.2) is 54.7 Å². The molecule has 2 aromatic carbocycles. The topological polar surface area (TPSA) is 52.4 Å². The summed E-state index contributed by atoms with van der Waals surface area (Å²) in [4.78, 5) is 2.51. The third-order valence-electron chi connectivity index (χ3n) is 5.60. The lowest BCUT2D eigenvalue weighted by atomic mass is 10.0. The maximum atomic E-state index is 5.24. The van der Waals surface area contributed by atoms with Crippen LogP contribution in [-0.4, -0.2) is 47.2 Å². The second-order valence-electron chi connectivity index (χ2n) is 7.57. The minimum Gasteiger partial charge on any atom is -0.497 e. The fourth-order valence-electron chi connectivity index (χ4n) is 3.86. The highest BCUT2D eigenvalue weighted by molar-refractivity contribution is 5.29. The van der Waals surface area contributed by atoms with Crippen molar-refractivity contribution < 1.29 is 9.47 Å². The van der Waals surface area contributed by atoms with Crippen LogP contribution < -0.4 is 9.47 Å². The highest BCUT2D eigenvalue weighted by Crippen LogP contribution is 2.24. The van der Waals surface area contributed by atoms with E-state index >= 15 is 0 Å². The molecule has 1 aromatic heterocycles. The van der Waals surface area contributed by atoms with Gasteiger partial charge in [0, 0.05) is 32.3 Å². The Balaban J connectivity index is 1.29. The van der Waals surface area contributed by atoms with E-state index in [0.717, 1.165) is 56.1 Å². The maximum absolute atomic E-state index is 5.24. The Kier molecular flexibility index (Phi) is 6.10. The molecule has 4 rings (SSSR count). The Morgan fingerprint density at radius 3 is 2.03 bits per heavy atom. The van der Waals surface area contributed by atoms with Gasteiger partial charge in [-0.15, -0.1) is 5.10 Å². The zero-order valence-corrected chi connectivity index (χ0v) is 17.1. The lowest BCUT2D eigenvalue weighted by Crippen LogP contribution is -2.34. The van der Waals surface area contributed by atoms with Gasteiger partial charge in [-0.2, -0.15) is 0 Å². The summed E-state index contributed by atoms with van der Waals surface area (Å²) >= 11 is 0. The van der Waals surface area contributed by atoms with E-state index in [1.54, 1.807) is 14.2 Å². The average Bonchev–Trinajstić information content (AvgIpc) is 3.24. The molecule has 2 heterocycles. The van der Waals surface area contributed by atoms with Gasteiger partial charge < -0.3 is 9.47 Å². The molecule has 152 valence electrons. The molecular formula is C23H28N4O2. The minimum absolute atomic E-state index is 0.430. The molecule has 6 nitrogen and oxygen atoms in total. The molecule has 0 saturated carbocycles. The lowest BCUT2D eigenvalue weighted by molar-refractivity contribution is 0.172. The molecule has 3 aromatic rings. The van der Waals surface area contributed by atoms with Crippen molar-refractivity contribution in [2.45, 2.75) is 31.8 Å². The van der Waals surface area contributed by atoms with Crippen LogP contribution >= 0.6 is 0 Å². The van der Waals surface area contributed by atoms with Crippen LogP contribution in [0.2, 0.25) is 0 Å². The van der Waals surface area contributed by atoms with Crippen molar-refractivity contribution in [1.29, 1.82) is 0 Å². The number of methoxy groups -OCH3 is 2. The van der Waals surface area contributed by atoms with E-state index < -0.39 is 0 Å². The third-order valence-corrected chi connectivity index (χ3v) is 5.60. The highest BCUT2D eigenvalue weighted by Gasteiger charge is 2.21. The molecule has 0 unspecified atom stereocenters. The standard InChI is InChI=1S/C23H28N4O2/c1-28-22-7-3-18(4-8-22)15-20-17-27(25-24-20)21-11-13-26(14-12-21)16-19-5-9-23(29-2)10-6-19/h3-10,17,21H,11-16H2,1-2H3. The number of ether oxygens (including phenoxy) is 2. The van der Waals surface area contributed by atoms with Crippen molar-refractivity contribution in [3.63, 3.8) is 0 Å². The van der Waals surface area contributed by atoms with Gasteiger partial charge in [-0.05, 0) is 48.2 Å². The molecule has 1 aliphatic heterocycles. The lowest BCUT2D eigenvalue weighted by Gasteiger charge is -2.31. The SMILES string of the molecule is COc1ccc(Cc2cn(C3CCN(Cc4ccc(OC)cc4)CC3)nn2)cc1. The van der Waals surface area contributed by atoms with Crippen molar-refractivity contribution in [1.82, 2.24) is 19.9 Å². The van der Waals surface area contributed by atoms with Gasteiger partial charge in [0.1, 0.15) is 11.5 Å². The molecular weight excluding hydrogens is 364 g/mol. The summed E-state index contributed by atoms with van der Waals surface area (Å²) in [6, 6.07) is 16.9. The van der Waals surface area contributed by atoms with Gasteiger partial charge in [0.25, 0.3) is 0 Å². The second-order valence-corrected chi connectivity index (χ2v) is 7.57. The summed E-state index contributed by atoms with van der Waals surface area (Å²) < 4.78 is 12.5. The van der Waals surface area contributed by atoms with Gasteiger partial charge >= 0.3 is 0 Å². The van der Waals surface area contributed by atoms with Gasteiger partial charge in [0.05, 0.1) is 26.0 Å². The van der Waals surface area contributed by atoms with Gasteiger partial charge in [-0.25, -0.2) is 4.68 Å². The van der Waals surface area contributed by atoms with Gasteiger partial charge in [-0.3, -0.25) is 4.90 Å². The van der Waals surface area contributed by atoms with E-state index in [1.165, 1.54) is 11.1 Å². The Morgan fingerprint density at radius 1 is 0.862 bits per heavy atom.